The highest BCUT2D eigenvalue weighted by atomic mass is 16.5. The standard InChI is InChI=1S/C29H22O5/c30-23-12-13-24-25(31)17-27(34-28(24)16-23)22-11-14-26(32-18-20-7-3-1-4-8-20)29(15-22)33-19-21-9-5-2-6-10-21/h1-17,30H,18-19H2. The fourth-order valence-corrected chi connectivity index (χ4v) is 3.65. The summed E-state index contributed by atoms with van der Waals surface area (Å²) in [6, 6.07) is 31.1. The molecular formula is C29H22O5. The van der Waals surface area contributed by atoms with Crippen LogP contribution in [0.5, 0.6) is 17.2 Å². The van der Waals surface area contributed by atoms with Crippen molar-refractivity contribution in [3.05, 3.63) is 124 Å². The molecule has 1 N–H and O–H groups in total. The van der Waals surface area contributed by atoms with Crippen molar-refractivity contribution >= 4 is 11.0 Å². The molecule has 0 aliphatic heterocycles. The number of hydrogen-bond donors (Lipinski definition) is 1. The Morgan fingerprint density at radius 3 is 2.00 bits per heavy atom. The van der Waals surface area contributed by atoms with Gasteiger partial charge in [-0.2, -0.15) is 0 Å². The zero-order valence-corrected chi connectivity index (χ0v) is 18.3. The first kappa shape index (κ1) is 21.3. The number of benzene rings is 4. The van der Waals surface area contributed by atoms with Crippen LogP contribution in [-0.2, 0) is 13.2 Å². The van der Waals surface area contributed by atoms with Gasteiger partial charge < -0.3 is 19.0 Å². The van der Waals surface area contributed by atoms with Crippen LogP contribution in [0.4, 0.5) is 0 Å². The van der Waals surface area contributed by atoms with E-state index in [4.69, 9.17) is 13.9 Å². The van der Waals surface area contributed by atoms with Gasteiger partial charge in [0.15, 0.2) is 16.9 Å². The molecule has 5 nitrogen and oxygen atoms in total. The second-order valence-corrected chi connectivity index (χ2v) is 7.87. The van der Waals surface area contributed by atoms with E-state index in [2.05, 4.69) is 0 Å². The molecular weight excluding hydrogens is 428 g/mol. The average Bonchev–Trinajstić information content (AvgIpc) is 2.87. The molecule has 5 rings (SSSR count). The topological polar surface area (TPSA) is 68.9 Å². The lowest BCUT2D eigenvalue weighted by Crippen LogP contribution is -2.02. The van der Waals surface area contributed by atoms with Gasteiger partial charge in [-0.25, -0.2) is 0 Å². The number of phenols is 1. The lowest BCUT2D eigenvalue weighted by Gasteiger charge is -2.15. The van der Waals surface area contributed by atoms with Crippen LogP contribution in [0.15, 0.2) is 112 Å². The van der Waals surface area contributed by atoms with Crippen LogP contribution in [0.3, 0.4) is 0 Å². The third-order valence-corrected chi connectivity index (χ3v) is 5.42. The SMILES string of the molecule is O=c1cc(-c2ccc(OCc3ccccc3)c(OCc3ccccc3)c2)oc2cc(O)ccc12. The van der Waals surface area contributed by atoms with E-state index in [0.29, 0.717) is 47.0 Å². The van der Waals surface area contributed by atoms with E-state index in [1.807, 2.05) is 72.8 Å². The molecule has 5 heteroatoms. The van der Waals surface area contributed by atoms with Crippen molar-refractivity contribution in [3.63, 3.8) is 0 Å². The van der Waals surface area contributed by atoms with Gasteiger partial charge in [0.25, 0.3) is 0 Å². The highest BCUT2D eigenvalue weighted by molar-refractivity contribution is 5.80. The summed E-state index contributed by atoms with van der Waals surface area (Å²) < 4.78 is 18.1. The highest BCUT2D eigenvalue weighted by Gasteiger charge is 2.13. The van der Waals surface area contributed by atoms with Crippen molar-refractivity contribution in [1.29, 1.82) is 0 Å². The molecule has 168 valence electrons. The summed E-state index contributed by atoms with van der Waals surface area (Å²) in [5.74, 6) is 1.53. The lowest BCUT2D eigenvalue weighted by molar-refractivity contribution is 0.256. The molecule has 0 aliphatic rings. The highest BCUT2D eigenvalue weighted by Crippen LogP contribution is 2.34. The maximum Gasteiger partial charge on any atom is 0.193 e. The monoisotopic (exact) mass is 450 g/mol. The van der Waals surface area contributed by atoms with Gasteiger partial charge in [0.05, 0.1) is 5.39 Å². The molecule has 0 amide bonds. The molecule has 0 unspecified atom stereocenters. The summed E-state index contributed by atoms with van der Waals surface area (Å²) in [7, 11) is 0. The van der Waals surface area contributed by atoms with E-state index in [1.165, 1.54) is 18.2 Å². The Labute approximate surface area is 196 Å². The molecule has 34 heavy (non-hydrogen) atoms. The zero-order chi connectivity index (χ0) is 23.3. The zero-order valence-electron chi connectivity index (χ0n) is 18.3. The molecule has 5 aromatic rings. The number of ether oxygens (including phenoxy) is 2. The molecule has 0 atom stereocenters. The van der Waals surface area contributed by atoms with Crippen LogP contribution < -0.4 is 14.9 Å². The summed E-state index contributed by atoms with van der Waals surface area (Å²) in [4.78, 5) is 12.6. The Morgan fingerprint density at radius 2 is 1.32 bits per heavy atom. The van der Waals surface area contributed by atoms with Crippen LogP contribution in [-0.4, -0.2) is 5.11 Å². The Balaban J connectivity index is 1.49. The molecule has 0 spiro atoms. The van der Waals surface area contributed by atoms with Crippen LogP contribution in [0.25, 0.3) is 22.3 Å². The maximum absolute atomic E-state index is 12.6. The van der Waals surface area contributed by atoms with Crippen molar-refractivity contribution in [2.45, 2.75) is 13.2 Å². The van der Waals surface area contributed by atoms with E-state index in [0.717, 1.165) is 11.1 Å². The van der Waals surface area contributed by atoms with Gasteiger partial charge in [-0.3, -0.25) is 4.79 Å². The molecule has 0 fully saturated rings. The van der Waals surface area contributed by atoms with Crippen molar-refractivity contribution in [1.82, 2.24) is 0 Å². The van der Waals surface area contributed by atoms with E-state index in [9.17, 15) is 9.90 Å². The first-order chi connectivity index (χ1) is 16.7. The average molecular weight is 450 g/mol. The maximum atomic E-state index is 12.6. The molecule has 4 aromatic carbocycles. The number of rotatable bonds is 7. The number of aromatic hydroxyl groups is 1. The van der Waals surface area contributed by atoms with Crippen molar-refractivity contribution in [2.24, 2.45) is 0 Å². The fourth-order valence-electron chi connectivity index (χ4n) is 3.65. The van der Waals surface area contributed by atoms with Crippen molar-refractivity contribution in [2.75, 3.05) is 0 Å². The molecule has 0 bridgehead atoms. The summed E-state index contributed by atoms with van der Waals surface area (Å²) in [6.45, 7) is 0.758. The van der Waals surface area contributed by atoms with E-state index < -0.39 is 0 Å². The van der Waals surface area contributed by atoms with Gasteiger partial charge in [-0.05, 0) is 41.5 Å². The number of fused-ring (bicyclic) bond motifs is 1. The Kier molecular flexibility index (Phi) is 5.99. The van der Waals surface area contributed by atoms with E-state index in [1.54, 1.807) is 12.1 Å². The number of hydrogen-bond acceptors (Lipinski definition) is 5. The third-order valence-electron chi connectivity index (χ3n) is 5.42. The third kappa shape index (κ3) is 4.79. The van der Waals surface area contributed by atoms with E-state index >= 15 is 0 Å². The van der Waals surface area contributed by atoms with Gasteiger partial charge in [0.1, 0.15) is 30.3 Å². The Hall–Kier alpha value is -4.51. The Morgan fingerprint density at radius 1 is 0.676 bits per heavy atom. The second kappa shape index (κ2) is 9.55. The summed E-state index contributed by atoms with van der Waals surface area (Å²) in [5.41, 5.74) is 2.86. The minimum absolute atomic E-state index is 0.0318. The summed E-state index contributed by atoms with van der Waals surface area (Å²) in [6.07, 6.45) is 0. The van der Waals surface area contributed by atoms with E-state index in [-0.39, 0.29) is 11.2 Å². The first-order valence-corrected chi connectivity index (χ1v) is 10.9. The van der Waals surface area contributed by atoms with Gasteiger partial charge in [-0.1, -0.05) is 60.7 Å². The minimum atomic E-state index is -0.188. The normalized spacial score (nSPS) is 10.8. The van der Waals surface area contributed by atoms with Crippen LogP contribution in [0.2, 0.25) is 0 Å². The van der Waals surface area contributed by atoms with Crippen molar-refractivity contribution < 1.29 is 19.0 Å². The first-order valence-electron chi connectivity index (χ1n) is 10.9. The van der Waals surface area contributed by atoms with Crippen LogP contribution in [0.1, 0.15) is 11.1 Å². The van der Waals surface area contributed by atoms with Crippen molar-refractivity contribution in [3.8, 4) is 28.6 Å². The Bertz CT molecular complexity index is 1470. The molecule has 0 radical (unpaired) electrons. The van der Waals surface area contributed by atoms with Gasteiger partial charge in [0.2, 0.25) is 0 Å². The minimum Gasteiger partial charge on any atom is -0.508 e. The van der Waals surface area contributed by atoms with Crippen LogP contribution >= 0.6 is 0 Å². The quantitative estimate of drug-likeness (QED) is 0.314. The van der Waals surface area contributed by atoms with Gasteiger partial charge in [-0.15, -0.1) is 0 Å². The summed E-state index contributed by atoms with van der Waals surface area (Å²) >= 11 is 0. The smallest absolute Gasteiger partial charge is 0.193 e. The van der Waals surface area contributed by atoms with Gasteiger partial charge >= 0.3 is 0 Å². The number of phenolic OH excluding ortho intramolecular Hbond substituents is 1. The predicted octanol–water partition coefficient (Wildman–Crippen LogP) is 6.32. The molecule has 0 aliphatic carbocycles. The summed E-state index contributed by atoms with van der Waals surface area (Å²) in [5, 5.41) is 10.2. The fraction of sp³-hybridized carbons (Fsp3) is 0.0690. The van der Waals surface area contributed by atoms with Crippen LogP contribution in [0, 0.1) is 0 Å². The molecule has 1 heterocycles. The predicted molar refractivity (Wildman–Crippen MR) is 131 cm³/mol. The largest absolute Gasteiger partial charge is 0.508 e. The molecule has 0 saturated carbocycles. The lowest BCUT2D eigenvalue weighted by atomic mass is 10.1. The van der Waals surface area contributed by atoms with Gasteiger partial charge in [0, 0.05) is 17.7 Å². The molecule has 0 saturated heterocycles. The second-order valence-electron chi connectivity index (χ2n) is 7.87. The molecule has 1 aromatic heterocycles.